The van der Waals surface area contributed by atoms with Crippen LogP contribution in [-0.4, -0.2) is 35.3 Å². The minimum atomic E-state index is 0.289. The van der Waals surface area contributed by atoms with Crippen LogP contribution in [0.3, 0.4) is 0 Å². The highest BCUT2D eigenvalue weighted by Crippen LogP contribution is 2.27. The Morgan fingerprint density at radius 3 is 2.67 bits per heavy atom. The van der Waals surface area contributed by atoms with E-state index >= 15 is 0 Å². The van der Waals surface area contributed by atoms with Gasteiger partial charge in [-0.3, -0.25) is 9.69 Å². The number of amides is 1. The van der Waals surface area contributed by atoms with Gasteiger partial charge in [-0.1, -0.05) is 48.5 Å². The third-order valence-electron chi connectivity index (χ3n) is 5.50. The number of likely N-dealkylation sites (tertiary alicyclic amines) is 1. The smallest absolute Gasteiger partial charge is 0.222 e. The van der Waals surface area contributed by atoms with Crippen LogP contribution < -0.4 is 0 Å². The van der Waals surface area contributed by atoms with E-state index in [1.807, 2.05) is 34.4 Å². The van der Waals surface area contributed by atoms with Gasteiger partial charge in [0.15, 0.2) is 0 Å². The quantitative estimate of drug-likeness (QED) is 0.629. The molecule has 0 aliphatic carbocycles. The Balaban J connectivity index is 1.38. The lowest BCUT2D eigenvalue weighted by molar-refractivity contribution is -0.131. The average molecular weight is 379 g/mol. The van der Waals surface area contributed by atoms with E-state index in [4.69, 9.17) is 0 Å². The van der Waals surface area contributed by atoms with Crippen LogP contribution in [0.15, 0.2) is 60.7 Å². The Labute approximate surface area is 165 Å². The SMILES string of the molecule is CN(Cc1cc2ccccc2s1)C1CCC(=O)N(Cc2ccccc2)CC1. The first-order chi connectivity index (χ1) is 13.2. The molecule has 2 aromatic carbocycles. The molecule has 1 unspecified atom stereocenters. The number of thiophene rings is 1. The monoisotopic (exact) mass is 378 g/mol. The Morgan fingerprint density at radius 2 is 1.85 bits per heavy atom. The average Bonchev–Trinajstić information content (AvgIpc) is 3.00. The van der Waals surface area contributed by atoms with Gasteiger partial charge in [0.25, 0.3) is 0 Å². The van der Waals surface area contributed by atoms with Crippen molar-refractivity contribution >= 4 is 27.3 Å². The van der Waals surface area contributed by atoms with Gasteiger partial charge >= 0.3 is 0 Å². The van der Waals surface area contributed by atoms with E-state index in [1.165, 1.54) is 20.5 Å². The van der Waals surface area contributed by atoms with E-state index in [2.05, 4.69) is 54.4 Å². The van der Waals surface area contributed by atoms with Crippen molar-refractivity contribution in [1.29, 1.82) is 0 Å². The third-order valence-corrected chi connectivity index (χ3v) is 6.60. The van der Waals surface area contributed by atoms with E-state index < -0.39 is 0 Å². The molecular weight excluding hydrogens is 352 g/mol. The second-order valence-electron chi connectivity index (χ2n) is 7.45. The van der Waals surface area contributed by atoms with Crippen LogP contribution in [0, 0.1) is 0 Å². The summed E-state index contributed by atoms with van der Waals surface area (Å²) in [5, 5.41) is 1.33. The molecule has 1 fully saturated rings. The second-order valence-corrected chi connectivity index (χ2v) is 8.62. The fourth-order valence-corrected chi connectivity index (χ4v) is 5.05. The normalized spacial score (nSPS) is 18.2. The standard InChI is InChI=1S/C23H26N2OS/c1-24(17-21-15-19-9-5-6-10-22(19)27-21)20-11-12-23(26)25(14-13-20)16-18-7-3-2-4-8-18/h2-10,15,20H,11-14,16-17H2,1H3. The summed E-state index contributed by atoms with van der Waals surface area (Å²) in [4.78, 5) is 18.4. The zero-order valence-corrected chi connectivity index (χ0v) is 16.6. The summed E-state index contributed by atoms with van der Waals surface area (Å²) < 4.78 is 1.35. The summed E-state index contributed by atoms with van der Waals surface area (Å²) in [7, 11) is 2.20. The summed E-state index contributed by atoms with van der Waals surface area (Å²) in [6, 6.07) is 21.6. The van der Waals surface area contributed by atoms with Crippen molar-refractivity contribution in [2.45, 2.75) is 38.4 Å². The summed E-state index contributed by atoms with van der Waals surface area (Å²) >= 11 is 1.88. The Kier molecular flexibility index (Phi) is 5.55. The number of benzene rings is 2. The van der Waals surface area contributed by atoms with Gasteiger partial charge in [0.1, 0.15) is 0 Å². The lowest BCUT2D eigenvalue weighted by atomic mass is 10.1. The highest BCUT2D eigenvalue weighted by atomic mass is 32.1. The van der Waals surface area contributed by atoms with Crippen LogP contribution in [0.2, 0.25) is 0 Å². The van der Waals surface area contributed by atoms with Crippen molar-refractivity contribution in [3.63, 3.8) is 0 Å². The first-order valence-corrected chi connectivity index (χ1v) is 10.5. The highest BCUT2D eigenvalue weighted by molar-refractivity contribution is 7.19. The van der Waals surface area contributed by atoms with Crippen molar-refractivity contribution in [2.24, 2.45) is 0 Å². The summed E-state index contributed by atoms with van der Waals surface area (Å²) in [6.45, 7) is 2.53. The van der Waals surface area contributed by atoms with E-state index in [9.17, 15) is 4.79 Å². The van der Waals surface area contributed by atoms with Crippen LogP contribution >= 0.6 is 11.3 Å². The molecule has 3 nitrogen and oxygen atoms in total. The van der Waals surface area contributed by atoms with Gasteiger partial charge in [0.05, 0.1) is 0 Å². The maximum Gasteiger partial charge on any atom is 0.222 e. The van der Waals surface area contributed by atoms with Crippen LogP contribution in [0.5, 0.6) is 0 Å². The van der Waals surface area contributed by atoms with Gasteiger partial charge in [-0.15, -0.1) is 11.3 Å². The third kappa shape index (κ3) is 4.40. The Morgan fingerprint density at radius 1 is 1.07 bits per heavy atom. The fraction of sp³-hybridized carbons (Fsp3) is 0.348. The van der Waals surface area contributed by atoms with Crippen molar-refractivity contribution in [3.8, 4) is 0 Å². The molecular formula is C23H26N2OS. The van der Waals surface area contributed by atoms with Crippen molar-refractivity contribution in [1.82, 2.24) is 9.80 Å². The molecule has 1 aromatic heterocycles. The minimum absolute atomic E-state index is 0.289. The number of nitrogens with zero attached hydrogens (tertiary/aromatic N) is 2. The summed E-state index contributed by atoms with van der Waals surface area (Å²) in [5.74, 6) is 0.289. The Hall–Kier alpha value is -2.17. The van der Waals surface area contributed by atoms with Gasteiger partial charge in [0.2, 0.25) is 5.91 Å². The van der Waals surface area contributed by atoms with Gasteiger partial charge in [-0.25, -0.2) is 0 Å². The molecule has 0 radical (unpaired) electrons. The highest BCUT2D eigenvalue weighted by Gasteiger charge is 2.25. The van der Waals surface area contributed by atoms with Crippen LogP contribution in [0.4, 0.5) is 0 Å². The number of carbonyl (C=O) groups is 1. The largest absolute Gasteiger partial charge is 0.338 e. The lowest BCUT2D eigenvalue weighted by Crippen LogP contribution is -2.33. The van der Waals surface area contributed by atoms with E-state index in [1.54, 1.807) is 0 Å². The van der Waals surface area contributed by atoms with Crippen molar-refractivity contribution < 1.29 is 4.79 Å². The maximum atomic E-state index is 12.6. The zero-order valence-electron chi connectivity index (χ0n) is 15.8. The molecule has 1 amide bonds. The van der Waals surface area contributed by atoms with Crippen molar-refractivity contribution in [3.05, 3.63) is 71.1 Å². The maximum absolute atomic E-state index is 12.6. The lowest BCUT2D eigenvalue weighted by Gasteiger charge is -2.26. The molecule has 1 saturated heterocycles. The van der Waals surface area contributed by atoms with Gasteiger partial charge in [-0.2, -0.15) is 0 Å². The molecule has 4 heteroatoms. The molecule has 0 N–H and O–H groups in total. The van der Waals surface area contributed by atoms with Crippen LogP contribution in [0.25, 0.3) is 10.1 Å². The molecule has 1 aliphatic rings. The molecule has 0 bridgehead atoms. The van der Waals surface area contributed by atoms with E-state index in [0.29, 0.717) is 12.5 Å². The number of fused-ring (bicyclic) bond motifs is 1. The van der Waals surface area contributed by atoms with Gasteiger partial charge < -0.3 is 4.90 Å². The zero-order chi connectivity index (χ0) is 18.6. The molecule has 140 valence electrons. The number of carbonyl (C=O) groups excluding carboxylic acids is 1. The first kappa shape index (κ1) is 18.2. The molecule has 3 aromatic rings. The van der Waals surface area contributed by atoms with Gasteiger partial charge in [0, 0.05) is 41.7 Å². The molecule has 1 aliphatic heterocycles. The van der Waals surface area contributed by atoms with Crippen molar-refractivity contribution in [2.75, 3.05) is 13.6 Å². The summed E-state index contributed by atoms with van der Waals surface area (Å²) in [5.41, 5.74) is 1.21. The van der Waals surface area contributed by atoms with Crippen LogP contribution in [0.1, 0.15) is 29.7 Å². The molecule has 27 heavy (non-hydrogen) atoms. The number of hydrogen-bond acceptors (Lipinski definition) is 3. The Bertz CT molecular complexity index is 872. The van der Waals surface area contributed by atoms with E-state index in [0.717, 1.165) is 32.5 Å². The number of rotatable bonds is 5. The molecule has 0 saturated carbocycles. The topological polar surface area (TPSA) is 23.6 Å². The molecule has 0 spiro atoms. The van der Waals surface area contributed by atoms with Gasteiger partial charge in [-0.05, 0) is 43.0 Å². The first-order valence-electron chi connectivity index (χ1n) is 9.68. The summed E-state index contributed by atoms with van der Waals surface area (Å²) in [6.07, 6.45) is 2.64. The van der Waals surface area contributed by atoms with E-state index in [-0.39, 0.29) is 5.91 Å². The second kappa shape index (κ2) is 8.24. The minimum Gasteiger partial charge on any atom is -0.338 e. The molecule has 1 atom stereocenters. The molecule has 2 heterocycles. The molecule has 4 rings (SSSR count). The number of hydrogen-bond donors (Lipinski definition) is 0. The predicted octanol–water partition coefficient (Wildman–Crippen LogP) is 4.91. The van der Waals surface area contributed by atoms with Crippen LogP contribution in [-0.2, 0) is 17.9 Å². The fourth-order valence-electron chi connectivity index (χ4n) is 3.92. The predicted molar refractivity (Wildman–Crippen MR) is 113 cm³/mol.